The highest BCUT2D eigenvalue weighted by atomic mass is 16.5. The van der Waals surface area contributed by atoms with Crippen LogP contribution in [-0.2, 0) is 11.2 Å². The predicted molar refractivity (Wildman–Crippen MR) is 74.8 cm³/mol. The van der Waals surface area contributed by atoms with E-state index < -0.39 is 5.97 Å². The number of hydrogen-bond acceptors (Lipinski definition) is 4. The number of nitrogens with zero attached hydrogens (tertiary/aromatic N) is 2. The third-order valence-electron chi connectivity index (χ3n) is 2.94. The van der Waals surface area contributed by atoms with E-state index in [-0.39, 0.29) is 6.42 Å². The zero-order valence-corrected chi connectivity index (χ0v) is 11.7. The van der Waals surface area contributed by atoms with Gasteiger partial charge < -0.3 is 9.84 Å². The molecule has 0 radical (unpaired) electrons. The summed E-state index contributed by atoms with van der Waals surface area (Å²) in [6.07, 6.45) is 1.44. The molecule has 1 aromatic carbocycles. The molecule has 5 nitrogen and oxygen atoms in total. The van der Waals surface area contributed by atoms with E-state index in [0.717, 1.165) is 11.1 Å². The molecule has 0 aliphatic rings. The Bertz CT molecular complexity index is 654. The monoisotopic (exact) mass is 272 g/mol. The van der Waals surface area contributed by atoms with E-state index in [1.165, 1.54) is 0 Å². The molecular formula is C15H16N2O3. The molecule has 0 saturated carbocycles. The molecule has 0 atom stereocenters. The first-order chi connectivity index (χ1) is 9.51. The third kappa shape index (κ3) is 2.93. The van der Waals surface area contributed by atoms with E-state index in [9.17, 15) is 4.79 Å². The van der Waals surface area contributed by atoms with Crippen molar-refractivity contribution >= 4 is 5.97 Å². The van der Waals surface area contributed by atoms with Crippen LogP contribution < -0.4 is 4.74 Å². The summed E-state index contributed by atoms with van der Waals surface area (Å²) < 4.78 is 5.35. The van der Waals surface area contributed by atoms with Gasteiger partial charge in [0, 0.05) is 17.3 Å². The van der Waals surface area contributed by atoms with Crippen LogP contribution in [0.2, 0.25) is 0 Å². The minimum atomic E-state index is -0.912. The van der Waals surface area contributed by atoms with Crippen LogP contribution >= 0.6 is 0 Å². The number of ether oxygens (including phenoxy) is 1. The molecule has 5 heteroatoms. The molecule has 20 heavy (non-hydrogen) atoms. The average molecular weight is 272 g/mol. The molecular weight excluding hydrogens is 256 g/mol. The Hall–Kier alpha value is -2.43. The minimum Gasteiger partial charge on any atom is -0.496 e. The van der Waals surface area contributed by atoms with Gasteiger partial charge in [0.1, 0.15) is 11.6 Å². The molecule has 0 fully saturated rings. The average Bonchev–Trinajstić information content (AvgIpc) is 2.40. The predicted octanol–water partition coefficient (Wildman–Crippen LogP) is 2.40. The molecule has 0 aliphatic carbocycles. The quantitative estimate of drug-likeness (QED) is 0.925. The minimum absolute atomic E-state index is 0.118. The summed E-state index contributed by atoms with van der Waals surface area (Å²) in [6.45, 7) is 3.74. The smallest absolute Gasteiger partial charge is 0.307 e. The van der Waals surface area contributed by atoms with Crippen LogP contribution in [0, 0.1) is 13.8 Å². The lowest BCUT2D eigenvalue weighted by Crippen LogP contribution is -2.06. The lowest BCUT2D eigenvalue weighted by Gasteiger charge is -2.12. The summed E-state index contributed by atoms with van der Waals surface area (Å²) in [7, 11) is 1.58. The highest BCUT2D eigenvalue weighted by Crippen LogP contribution is 2.31. The Kier molecular flexibility index (Phi) is 3.98. The van der Waals surface area contributed by atoms with Gasteiger partial charge >= 0.3 is 5.97 Å². The van der Waals surface area contributed by atoms with Crippen LogP contribution in [-0.4, -0.2) is 28.2 Å². The van der Waals surface area contributed by atoms with Gasteiger partial charge in [-0.3, -0.25) is 4.79 Å². The van der Waals surface area contributed by atoms with Crippen LogP contribution in [0.4, 0.5) is 0 Å². The van der Waals surface area contributed by atoms with Gasteiger partial charge in [-0.1, -0.05) is 11.6 Å². The number of carbonyl (C=O) groups is 1. The van der Waals surface area contributed by atoms with Gasteiger partial charge in [-0.25, -0.2) is 9.97 Å². The molecule has 1 aromatic heterocycles. The fourth-order valence-electron chi connectivity index (χ4n) is 2.03. The summed E-state index contributed by atoms with van der Waals surface area (Å²) >= 11 is 0. The van der Waals surface area contributed by atoms with Gasteiger partial charge in [0.25, 0.3) is 0 Å². The van der Waals surface area contributed by atoms with Crippen LogP contribution in [0.3, 0.4) is 0 Å². The third-order valence-corrected chi connectivity index (χ3v) is 2.94. The molecule has 1 heterocycles. The van der Waals surface area contributed by atoms with Crippen molar-refractivity contribution in [2.24, 2.45) is 0 Å². The zero-order chi connectivity index (χ0) is 14.7. The summed E-state index contributed by atoms with van der Waals surface area (Å²) in [4.78, 5) is 19.4. The van der Waals surface area contributed by atoms with Gasteiger partial charge in [-0.2, -0.15) is 0 Å². The number of hydrogen-bond donors (Lipinski definition) is 1. The number of rotatable bonds is 4. The van der Waals surface area contributed by atoms with Crippen LogP contribution in [0.1, 0.15) is 17.0 Å². The van der Waals surface area contributed by atoms with Gasteiger partial charge in [0.2, 0.25) is 0 Å². The Morgan fingerprint density at radius 3 is 2.75 bits per heavy atom. The fourth-order valence-corrected chi connectivity index (χ4v) is 2.03. The second-order valence-corrected chi connectivity index (χ2v) is 4.57. The number of aryl methyl sites for hydroxylation is 2. The van der Waals surface area contributed by atoms with Gasteiger partial charge in [0.05, 0.1) is 19.2 Å². The lowest BCUT2D eigenvalue weighted by atomic mass is 10.0. The maximum atomic E-state index is 11.0. The van der Waals surface area contributed by atoms with Crippen molar-refractivity contribution in [2.45, 2.75) is 20.3 Å². The fraction of sp³-hybridized carbons (Fsp3) is 0.267. The normalized spacial score (nSPS) is 10.3. The standard InChI is InChI=1S/C15H16N2O3/c1-9-4-5-13(20-3)12(6-9)15-11(7-14(18)19)8-16-10(2)17-15/h4-6,8H,7H2,1-3H3,(H,18,19). The molecule has 0 saturated heterocycles. The number of aliphatic carboxylic acids is 1. The summed E-state index contributed by atoms with van der Waals surface area (Å²) in [6, 6.07) is 5.73. The molecule has 0 bridgehead atoms. The van der Waals surface area contributed by atoms with Gasteiger partial charge in [-0.05, 0) is 26.0 Å². The summed E-state index contributed by atoms with van der Waals surface area (Å²) in [5.41, 5.74) is 3.03. The molecule has 2 rings (SSSR count). The van der Waals surface area contributed by atoms with Gasteiger partial charge in [0.15, 0.2) is 0 Å². The van der Waals surface area contributed by atoms with Gasteiger partial charge in [-0.15, -0.1) is 0 Å². The maximum absolute atomic E-state index is 11.0. The van der Waals surface area contributed by atoms with Crippen molar-refractivity contribution < 1.29 is 14.6 Å². The summed E-state index contributed by atoms with van der Waals surface area (Å²) in [5.74, 6) is 0.350. The van der Waals surface area contributed by atoms with E-state index in [0.29, 0.717) is 22.8 Å². The Balaban J connectivity index is 2.64. The van der Waals surface area contributed by atoms with Crippen molar-refractivity contribution in [3.8, 4) is 17.0 Å². The van der Waals surface area contributed by atoms with E-state index in [1.54, 1.807) is 20.2 Å². The Labute approximate surface area is 117 Å². The molecule has 0 unspecified atom stereocenters. The first-order valence-corrected chi connectivity index (χ1v) is 6.20. The Morgan fingerprint density at radius 1 is 1.35 bits per heavy atom. The Morgan fingerprint density at radius 2 is 2.10 bits per heavy atom. The highest BCUT2D eigenvalue weighted by Gasteiger charge is 2.15. The zero-order valence-electron chi connectivity index (χ0n) is 11.7. The molecule has 0 amide bonds. The molecule has 0 aliphatic heterocycles. The number of benzene rings is 1. The molecule has 0 spiro atoms. The first-order valence-electron chi connectivity index (χ1n) is 6.20. The second-order valence-electron chi connectivity index (χ2n) is 4.57. The molecule has 1 N–H and O–H groups in total. The van der Waals surface area contributed by atoms with Crippen LogP contribution in [0.15, 0.2) is 24.4 Å². The molecule has 104 valence electrons. The maximum Gasteiger partial charge on any atom is 0.307 e. The number of carboxylic acid groups (broad SMARTS) is 1. The van der Waals surface area contributed by atoms with E-state index in [2.05, 4.69) is 9.97 Å². The van der Waals surface area contributed by atoms with Crippen molar-refractivity contribution in [3.63, 3.8) is 0 Å². The second kappa shape index (κ2) is 5.69. The number of aromatic nitrogens is 2. The topological polar surface area (TPSA) is 72.3 Å². The molecule has 2 aromatic rings. The SMILES string of the molecule is COc1ccc(C)cc1-c1nc(C)ncc1CC(=O)O. The van der Waals surface area contributed by atoms with Crippen LogP contribution in [0.5, 0.6) is 5.75 Å². The van der Waals surface area contributed by atoms with E-state index in [4.69, 9.17) is 9.84 Å². The van der Waals surface area contributed by atoms with Crippen molar-refractivity contribution in [1.29, 1.82) is 0 Å². The van der Waals surface area contributed by atoms with E-state index in [1.807, 2.05) is 25.1 Å². The lowest BCUT2D eigenvalue weighted by molar-refractivity contribution is -0.136. The van der Waals surface area contributed by atoms with Crippen molar-refractivity contribution in [3.05, 3.63) is 41.3 Å². The van der Waals surface area contributed by atoms with E-state index >= 15 is 0 Å². The number of carboxylic acids is 1. The number of methoxy groups -OCH3 is 1. The largest absolute Gasteiger partial charge is 0.496 e. The highest BCUT2D eigenvalue weighted by molar-refractivity contribution is 5.77. The summed E-state index contributed by atoms with van der Waals surface area (Å²) in [5, 5.41) is 9.00. The van der Waals surface area contributed by atoms with Crippen molar-refractivity contribution in [1.82, 2.24) is 9.97 Å². The van der Waals surface area contributed by atoms with Crippen LogP contribution in [0.25, 0.3) is 11.3 Å². The van der Waals surface area contributed by atoms with Crippen molar-refractivity contribution in [2.75, 3.05) is 7.11 Å². The first kappa shape index (κ1) is 14.0.